The predicted molar refractivity (Wildman–Crippen MR) is 80.5 cm³/mol. The summed E-state index contributed by atoms with van der Waals surface area (Å²) in [4.78, 5) is 11.8. The van der Waals surface area contributed by atoms with E-state index in [-0.39, 0.29) is 29.1 Å². The Bertz CT molecular complexity index is 655. The third-order valence-electron chi connectivity index (χ3n) is 3.37. The summed E-state index contributed by atoms with van der Waals surface area (Å²) in [7, 11) is 0.343. The quantitative estimate of drug-likeness (QED) is 0.792. The average molecular weight is 328 g/mol. The average Bonchev–Trinajstić information content (AvgIpc) is 3.30. The van der Waals surface area contributed by atoms with Gasteiger partial charge >= 0.3 is 0 Å². The van der Waals surface area contributed by atoms with Crippen LogP contribution < -0.4 is 14.8 Å². The Balaban J connectivity index is 2.22. The molecular formula is C14H20N2O5S. The first kappa shape index (κ1) is 16.6. The first-order valence-electron chi connectivity index (χ1n) is 6.86. The van der Waals surface area contributed by atoms with Gasteiger partial charge in [-0.05, 0) is 25.0 Å². The Labute approximate surface area is 130 Å². The minimum absolute atomic E-state index is 0.0314. The van der Waals surface area contributed by atoms with Gasteiger partial charge < -0.3 is 14.8 Å². The van der Waals surface area contributed by atoms with E-state index < -0.39 is 10.0 Å². The number of nitrogens with zero attached hydrogens (tertiary/aromatic N) is 1. The highest BCUT2D eigenvalue weighted by Gasteiger charge is 2.29. The van der Waals surface area contributed by atoms with E-state index in [0.29, 0.717) is 5.75 Å². The zero-order valence-electron chi connectivity index (χ0n) is 12.8. The zero-order valence-corrected chi connectivity index (χ0v) is 13.6. The fraction of sp³-hybridized carbons (Fsp3) is 0.500. The molecule has 1 aromatic rings. The van der Waals surface area contributed by atoms with E-state index in [1.165, 1.54) is 33.4 Å². The van der Waals surface area contributed by atoms with Crippen LogP contribution in [0.4, 0.5) is 0 Å². The van der Waals surface area contributed by atoms with Crippen molar-refractivity contribution in [1.82, 2.24) is 9.62 Å². The van der Waals surface area contributed by atoms with Crippen molar-refractivity contribution in [2.45, 2.75) is 23.8 Å². The van der Waals surface area contributed by atoms with Gasteiger partial charge in [-0.25, -0.2) is 8.42 Å². The molecule has 1 saturated carbocycles. The van der Waals surface area contributed by atoms with Crippen LogP contribution in [-0.2, 0) is 14.8 Å². The van der Waals surface area contributed by atoms with E-state index in [1.54, 1.807) is 6.07 Å². The number of likely N-dealkylation sites (N-methyl/N-ethyl adjacent to an activating group) is 1. The normalized spacial score (nSPS) is 14.7. The van der Waals surface area contributed by atoms with Gasteiger partial charge in [0.2, 0.25) is 15.9 Å². The Morgan fingerprint density at radius 3 is 2.55 bits per heavy atom. The van der Waals surface area contributed by atoms with Crippen LogP contribution in [0.5, 0.6) is 11.5 Å². The molecule has 7 nitrogen and oxygen atoms in total. The second-order valence-corrected chi connectivity index (χ2v) is 7.13. The molecule has 0 aromatic heterocycles. The summed E-state index contributed by atoms with van der Waals surface area (Å²) in [5, 5.41) is 2.76. The van der Waals surface area contributed by atoms with Crippen molar-refractivity contribution in [3.05, 3.63) is 18.2 Å². The van der Waals surface area contributed by atoms with Gasteiger partial charge in [-0.3, -0.25) is 4.79 Å². The monoisotopic (exact) mass is 328 g/mol. The molecule has 1 aliphatic rings. The van der Waals surface area contributed by atoms with Gasteiger partial charge in [0.1, 0.15) is 16.4 Å². The minimum atomic E-state index is -3.86. The Morgan fingerprint density at radius 2 is 2.00 bits per heavy atom. The highest BCUT2D eigenvalue weighted by Crippen LogP contribution is 2.30. The van der Waals surface area contributed by atoms with Crippen LogP contribution in [0.1, 0.15) is 12.8 Å². The van der Waals surface area contributed by atoms with Crippen LogP contribution in [0.2, 0.25) is 0 Å². The van der Waals surface area contributed by atoms with E-state index in [4.69, 9.17) is 9.47 Å². The maximum Gasteiger partial charge on any atom is 0.247 e. The van der Waals surface area contributed by atoms with E-state index in [2.05, 4.69) is 5.32 Å². The summed E-state index contributed by atoms with van der Waals surface area (Å²) in [6.45, 7) is -0.237. The topological polar surface area (TPSA) is 84.9 Å². The summed E-state index contributed by atoms with van der Waals surface area (Å²) in [6.07, 6.45) is 1.90. The summed E-state index contributed by atoms with van der Waals surface area (Å²) in [5.74, 6) is 0.292. The molecule has 1 fully saturated rings. The lowest BCUT2D eigenvalue weighted by atomic mass is 10.3. The van der Waals surface area contributed by atoms with Crippen molar-refractivity contribution >= 4 is 15.9 Å². The van der Waals surface area contributed by atoms with Gasteiger partial charge in [0.15, 0.2) is 0 Å². The maximum atomic E-state index is 12.6. The molecule has 1 amide bonds. The number of hydrogen-bond donors (Lipinski definition) is 1. The van der Waals surface area contributed by atoms with Crippen LogP contribution in [0.15, 0.2) is 23.1 Å². The summed E-state index contributed by atoms with van der Waals surface area (Å²) < 4.78 is 36.4. The molecule has 8 heteroatoms. The molecule has 1 aromatic carbocycles. The van der Waals surface area contributed by atoms with Crippen molar-refractivity contribution in [3.8, 4) is 11.5 Å². The van der Waals surface area contributed by atoms with Crippen LogP contribution in [0.3, 0.4) is 0 Å². The van der Waals surface area contributed by atoms with E-state index >= 15 is 0 Å². The van der Waals surface area contributed by atoms with Crippen molar-refractivity contribution < 1.29 is 22.7 Å². The molecule has 1 N–H and O–H groups in total. The fourth-order valence-electron chi connectivity index (χ4n) is 1.94. The molecule has 2 rings (SSSR count). The first-order valence-corrected chi connectivity index (χ1v) is 8.30. The third-order valence-corrected chi connectivity index (χ3v) is 5.19. The summed E-state index contributed by atoms with van der Waals surface area (Å²) >= 11 is 0. The van der Waals surface area contributed by atoms with Gasteiger partial charge in [0.25, 0.3) is 0 Å². The molecule has 0 saturated heterocycles. The molecular weight excluding hydrogens is 308 g/mol. The molecule has 22 heavy (non-hydrogen) atoms. The maximum absolute atomic E-state index is 12.6. The number of ether oxygens (including phenoxy) is 2. The number of benzene rings is 1. The second kappa shape index (κ2) is 6.53. The van der Waals surface area contributed by atoms with Crippen LogP contribution in [0, 0.1) is 0 Å². The SMILES string of the molecule is COc1ccc(OC)c(S(=O)(=O)N(C)CC(=O)NC2CC2)c1. The van der Waals surface area contributed by atoms with Crippen molar-refractivity contribution in [2.24, 2.45) is 0 Å². The number of hydrogen-bond acceptors (Lipinski definition) is 5. The second-order valence-electron chi connectivity index (χ2n) is 5.12. The third kappa shape index (κ3) is 3.69. The van der Waals surface area contributed by atoms with Crippen LogP contribution in [-0.4, -0.2) is 52.5 Å². The number of methoxy groups -OCH3 is 2. The molecule has 0 radical (unpaired) electrons. The molecule has 0 atom stereocenters. The molecule has 0 aliphatic heterocycles. The highest BCUT2D eigenvalue weighted by molar-refractivity contribution is 7.89. The predicted octanol–water partition coefficient (Wildman–Crippen LogP) is 0.603. The Hall–Kier alpha value is -1.80. The zero-order chi connectivity index (χ0) is 16.3. The van der Waals surface area contributed by atoms with E-state index in [0.717, 1.165) is 17.1 Å². The molecule has 122 valence electrons. The standard InChI is InChI=1S/C14H20N2O5S/c1-16(9-14(17)15-10-4-5-10)22(18,19)13-8-11(20-2)6-7-12(13)21-3/h6-8,10H,4-5,9H2,1-3H3,(H,15,17). The Kier molecular flexibility index (Phi) is 4.92. The number of amides is 1. The lowest BCUT2D eigenvalue weighted by Gasteiger charge is -2.19. The van der Waals surface area contributed by atoms with Crippen molar-refractivity contribution in [1.29, 1.82) is 0 Å². The number of sulfonamides is 1. The smallest absolute Gasteiger partial charge is 0.247 e. The lowest BCUT2D eigenvalue weighted by molar-refractivity contribution is -0.121. The summed E-state index contributed by atoms with van der Waals surface area (Å²) in [6, 6.07) is 4.69. The van der Waals surface area contributed by atoms with Crippen molar-refractivity contribution in [2.75, 3.05) is 27.8 Å². The van der Waals surface area contributed by atoms with Crippen LogP contribution >= 0.6 is 0 Å². The molecule has 0 unspecified atom stereocenters. The number of rotatable bonds is 7. The van der Waals surface area contributed by atoms with E-state index in [9.17, 15) is 13.2 Å². The fourth-order valence-corrected chi connectivity index (χ4v) is 3.24. The van der Waals surface area contributed by atoms with Gasteiger partial charge in [0.05, 0.1) is 20.8 Å². The van der Waals surface area contributed by atoms with Gasteiger partial charge in [-0.15, -0.1) is 0 Å². The Morgan fingerprint density at radius 1 is 1.32 bits per heavy atom. The minimum Gasteiger partial charge on any atom is -0.497 e. The molecule has 0 spiro atoms. The largest absolute Gasteiger partial charge is 0.497 e. The first-order chi connectivity index (χ1) is 10.4. The lowest BCUT2D eigenvalue weighted by Crippen LogP contribution is -2.39. The molecule has 0 bridgehead atoms. The number of nitrogens with one attached hydrogen (secondary N) is 1. The van der Waals surface area contributed by atoms with Gasteiger partial charge in [-0.2, -0.15) is 4.31 Å². The van der Waals surface area contributed by atoms with Crippen LogP contribution in [0.25, 0.3) is 0 Å². The highest BCUT2D eigenvalue weighted by atomic mass is 32.2. The molecule has 1 aliphatic carbocycles. The van der Waals surface area contributed by atoms with Crippen molar-refractivity contribution in [3.63, 3.8) is 0 Å². The molecule has 0 heterocycles. The summed E-state index contributed by atoms with van der Waals surface area (Å²) in [5.41, 5.74) is 0. The van der Waals surface area contributed by atoms with Gasteiger partial charge in [0, 0.05) is 19.2 Å². The number of carbonyl (C=O) groups excluding carboxylic acids is 1. The van der Waals surface area contributed by atoms with Gasteiger partial charge in [-0.1, -0.05) is 0 Å². The van der Waals surface area contributed by atoms with E-state index in [1.807, 2.05) is 0 Å². The number of carbonyl (C=O) groups is 1.